The Bertz CT molecular complexity index is 301. The van der Waals surface area contributed by atoms with Gasteiger partial charge < -0.3 is 10.5 Å². The molecule has 1 saturated carbocycles. The highest BCUT2D eigenvalue weighted by Gasteiger charge is 2.50. The van der Waals surface area contributed by atoms with Crippen LogP contribution in [0.3, 0.4) is 0 Å². The molecule has 106 valence electrons. The van der Waals surface area contributed by atoms with E-state index in [1.54, 1.807) is 5.06 Å². The standard InChI is InChI=1S/C14H30N2OSi/c1-14(2,3)18(4,5)12-8-6-7-11-13(12)15-9-10-16(11)17/h11-13,15,17H,6-10H2,1-5H3/t11-,12+,13-/m1/s1. The third kappa shape index (κ3) is 2.40. The van der Waals surface area contributed by atoms with Crippen molar-refractivity contribution in [2.75, 3.05) is 13.1 Å². The molecule has 3 atom stereocenters. The summed E-state index contributed by atoms with van der Waals surface area (Å²) in [7, 11) is -1.34. The van der Waals surface area contributed by atoms with Gasteiger partial charge in [0, 0.05) is 19.1 Å². The van der Waals surface area contributed by atoms with Crippen LogP contribution in [0.4, 0.5) is 0 Å². The van der Waals surface area contributed by atoms with Crippen LogP contribution in [0.25, 0.3) is 0 Å². The van der Waals surface area contributed by atoms with Crippen molar-refractivity contribution in [2.24, 2.45) is 0 Å². The summed E-state index contributed by atoms with van der Waals surface area (Å²) in [6.07, 6.45) is 3.77. The van der Waals surface area contributed by atoms with E-state index in [4.69, 9.17) is 0 Å². The van der Waals surface area contributed by atoms with E-state index in [9.17, 15) is 5.21 Å². The fourth-order valence-corrected chi connectivity index (χ4v) is 6.94. The minimum absolute atomic E-state index is 0.353. The van der Waals surface area contributed by atoms with E-state index < -0.39 is 8.07 Å². The summed E-state index contributed by atoms with van der Waals surface area (Å²) in [5.41, 5.74) is 0.784. The Morgan fingerprint density at radius 2 is 1.89 bits per heavy atom. The fourth-order valence-electron chi connectivity index (χ4n) is 3.66. The van der Waals surface area contributed by atoms with E-state index in [2.05, 4.69) is 39.2 Å². The lowest BCUT2D eigenvalue weighted by atomic mass is 9.88. The number of nitrogens with zero attached hydrogens (tertiary/aromatic N) is 1. The molecule has 0 amide bonds. The second kappa shape index (κ2) is 4.89. The van der Waals surface area contributed by atoms with Crippen LogP contribution in [0.1, 0.15) is 40.0 Å². The monoisotopic (exact) mass is 270 g/mol. The van der Waals surface area contributed by atoms with Crippen LogP contribution in [0.5, 0.6) is 0 Å². The van der Waals surface area contributed by atoms with Crippen molar-refractivity contribution >= 4 is 8.07 Å². The first-order valence-electron chi connectivity index (χ1n) is 7.44. The van der Waals surface area contributed by atoms with Crippen LogP contribution >= 0.6 is 0 Å². The first-order valence-corrected chi connectivity index (χ1v) is 10.5. The van der Waals surface area contributed by atoms with Crippen molar-refractivity contribution in [1.82, 2.24) is 10.4 Å². The van der Waals surface area contributed by atoms with Gasteiger partial charge in [-0.15, -0.1) is 0 Å². The van der Waals surface area contributed by atoms with Gasteiger partial charge in [-0.1, -0.05) is 46.7 Å². The SMILES string of the molecule is CC(C)(C)[Si](C)(C)[C@H]1CCC[C@@H]2[C@H]1NCCN2O. The molecule has 2 rings (SSSR count). The Balaban J connectivity index is 2.22. The Kier molecular flexibility index (Phi) is 3.94. The number of rotatable bonds is 1. The molecule has 0 spiro atoms. The molecule has 0 bridgehead atoms. The second-order valence-corrected chi connectivity index (χ2v) is 13.4. The van der Waals surface area contributed by atoms with E-state index in [0.717, 1.165) is 25.1 Å². The normalized spacial score (nSPS) is 35.3. The van der Waals surface area contributed by atoms with Crippen molar-refractivity contribution in [3.05, 3.63) is 0 Å². The third-order valence-electron chi connectivity index (χ3n) is 5.83. The van der Waals surface area contributed by atoms with Gasteiger partial charge in [-0.25, -0.2) is 0 Å². The minimum Gasteiger partial charge on any atom is -0.314 e. The molecule has 1 aliphatic heterocycles. The van der Waals surface area contributed by atoms with Crippen molar-refractivity contribution in [1.29, 1.82) is 0 Å². The van der Waals surface area contributed by atoms with E-state index in [-0.39, 0.29) is 0 Å². The molecule has 3 nitrogen and oxygen atoms in total. The molecule has 1 saturated heterocycles. The summed E-state index contributed by atoms with van der Waals surface area (Å²) in [6.45, 7) is 14.0. The van der Waals surface area contributed by atoms with Gasteiger partial charge in [0.1, 0.15) is 0 Å². The van der Waals surface area contributed by atoms with Gasteiger partial charge in [-0.3, -0.25) is 0 Å². The Morgan fingerprint density at radius 1 is 1.22 bits per heavy atom. The zero-order valence-electron chi connectivity index (χ0n) is 12.7. The predicted octanol–water partition coefficient (Wildman–Crippen LogP) is 3.08. The molecular weight excluding hydrogens is 240 g/mol. The molecule has 0 aromatic rings. The molecule has 18 heavy (non-hydrogen) atoms. The van der Waals surface area contributed by atoms with E-state index in [1.807, 2.05) is 0 Å². The first-order chi connectivity index (χ1) is 8.25. The maximum Gasteiger partial charge on any atom is 0.0575 e. The molecule has 1 heterocycles. The molecule has 0 radical (unpaired) electrons. The average Bonchev–Trinajstić information content (AvgIpc) is 2.27. The summed E-state index contributed by atoms with van der Waals surface area (Å²) in [5.74, 6) is 0. The van der Waals surface area contributed by atoms with Gasteiger partial charge in [0.15, 0.2) is 0 Å². The Labute approximate surface area is 113 Å². The van der Waals surface area contributed by atoms with Gasteiger partial charge in [0.25, 0.3) is 0 Å². The zero-order chi connectivity index (χ0) is 13.6. The summed E-state index contributed by atoms with van der Waals surface area (Å²) in [6, 6.07) is 0.866. The lowest BCUT2D eigenvalue weighted by Crippen LogP contribution is -2.64. The molecule has 2 fully saturated rings. The predicted molar refractivity (Wildman–Crippen MR) is 78.9 cm³/mol. The highest BCUT2D eigenvalue weighted by molar-refractivity contribution is 6.81. The highest BCUT2D eigenvalue weighted by atomic mass is 28.3. The maximum absolute atomic E-state index is 10.1. The molecule has 0 aromatic carbocycles. The molecular formula is C14H30N2OSi. The minimum atomic E-state index is -1.34. The molecule has 1 aliphatic carbocycles. The fraction of sp³-hybridized carbons (Fsp3) is 1.00. The van der Waals surface area contributed by atoms with Crippen molar-refractivity contribution in [3.8, 4) is 0 Å². The lowest BCUT2D eigenvalue weighted by Gasteiger charge is -2.53. The van der Waals surface area contributed by atoms with Crippen molar-refractivity contribution < 1.29 is 5.21 Å². The lowest BCUT2D eigenvalue weighted by molar-refractivity contribution is -0.155. The maximum atomic E-state index is 10.1. The van der Waals surface area contributed by atoms with E-state index >= 15 is 0 Å². The number of piperazine rings is 1. The van der Waals surface area contributed by atoms with Gasteiger partial charge in [0.05, 0.1) is 14.1 Å². The number of hydrogen-bond donors (Lipinski definition) is 2. The summed E-state index contributed by atoms with van der Waals surface area (Å²) in [4.78, 5) is 0. The summed E-state index contributed by atoms with van der Waals surface area (Å²) < 4.78 is 0. The zero-order valence-corrected chi connectivity index (χ0v) is 13.7. The highest BCUT2D eigenvalue weighted by Crippen LogP contribution is 2.50. The molecule has 2 N–H and O–H groups in total. The number of nitrogens with one attached hydrogen (secondary N) is 1. The van der Waals surface area contributed by atoms with E-state index in [1.165, 1.54) is 12.8 Å². The third-order valence-corrected chi connectivity index (χ3v) is 12.2. The molecule has 0 aromatic heterocycles. The molecule has 4 heteroatoms. The topological polar surface area (TPSA) is 35.5 Å². The van der Waals surface area contributed by atoms with E-state index in [0.29, 0.717) is 17.1 Å². The molecule has 2 aliphatic rings. The second-order valence-electron chi connectivity index (χ2n) is 7.72. The smallest absolute Gasteiger partial charge is 0.0575 e. The number of fused-ring (bicyclic) bond motifs is 1. The van der Waals surface area contributed by atoms with Gasteiger partial charge in [0.2, 0.25) is 0 Å². The van der Waals surface area contributed by atoms with Gasteiger partial charge in [-0.05, 0) is 17.0 Å². The van der Waals surface area contributed by atoms with Crippen LogP contribution in [-0.2, 0) is 0 Å². The van der Waals surface area contributed by atoms with Crippen LogP contribution in [0.2, 0.25) is 23.7 Å². The Hall–Kier alpha value is 0.0969. The largest absolute Gasteiger partial charge is 0.314 e. The average molecular weight is 270 g/mol. The number of hydrogen-bond acceptors (Lipinski definition) is 3. The summed E-state index contributed by atoms with van der Waals surface area (Å²) in [5, 5.41) is 15.9. The quantitative estimate of drug-likeness (QED) is 0.719. The van der Waals surface area contributed by atoms with Crippen LogP contribution in [0, 0.1) is 0 Å². The summed E-state index contributed by atoms with van der Waals surface area (Å²) >= 11 is 0. The first kappa shape index (κ1) is 14.5. The van der Waals surface area contributed by atoms with Crippen molar-refractivity contribution in [3.63, 3.8) is 0 Å². The van der Waals surface area contributed by atoms with Crippen LogP contribution in [-0.4, -0.2) is 43.5 Å². The van der Waals surface area contributed by atoms with Crippen LogP contribution in [0.15, 0.2) is 0 Å². The van der Waals surface area contributed by atoms with Crippen LogP contribution < -0.4 is 5.32 Å². The Morgan fingerprint density at radius 3 is 2.50 bits per heavy atom. The van der Waals surface area contributed by atoms with Crippen molar-refractivity contribution in [2.45, 2.75) is 75.8 Å². The molecule has 0 unspecified atom stereocenters. The van der Waals surface area contributed by atoms with Gasteiger partial charge >= 0.3 is 0 Å². The number of hydroxylamine groups is 2. The van der Waals surface area contributed by atoms with Gasteiger partial charge in [-0.2, -0.15) is 5.06 Å².